The first-order chi connectivity index (χ1) is 11.8. The van der Waals surface area contributed by atoms with Crippen molar-refractivity contribution >= 4 is 5.91 Å². The van der Waals surface area contributed by atoms with Gasteiger partial charge in [-0.15, -0.1) is 0 Å². The maximum atomic E-state index is 12.6. The lowest BCUT2D eigenvalue weighted by atomic mass is 9.90. The van der Waals surface area contributed by atoms with Gasteiger partial charge < -0.3 is 14.1 Å². The average molecular weight is 327 g/mol. The number of carbonyl (C=O) groups excluding carboxylic acids is 1. The van der Waals surface area contributed by atoms with Crippen LogP contribution in [-0.2, 0) is 4.74 Å². The molecule has 1 saturated heterocycles. The zero-order valence-electron chi connectivity index (χ0n) is 13.5. The first-order valence-electron chi connectivity index (χ1n) is 8.46. The molecule has 0 aromatic carbocycles. The summed E-state index contributed by atoms with van der Waals surface area (Å²) in [7, 11) is 0. The lowest BCUT2D eigenvalue weighted by Gasteiger charge is -2.18. The predicted octanol–water partition coefficient (Wildman–Crippen LogP) is 2.35. The molecule has 4 rings (SSSR count). The fourth-order valence-corrected chi connectivity index (χ4v) is 3.34. The average Bonchev–Trinajstić information content (AvgIpc) is 3.12. The molecule has 0 bridgehead atoms. The predicted molar refractivity (Wildman–Crippen MR) is 86.4 cm³/mol. The van der Waals surface area contributed by atoms with Crippen molar-refractivity contribution in [2.75, 3.05) is 26.3 Å². The number of carbonyl (C=O) groups is 1. The van der Waals surface area contributed by atoms with Crippen molar-refractivity contribution in [1.29, 1.82) is 0 Å². The molecular formula is C18H21N3O3. The third-order valence-corrected chi connectivity index (χ3v) is 4.90. The highest BCUT2D eigenvalue weighted by molar-refractivity contribution is 5.92. The van der Waals surface area contributed by atoms with Crippen molar-refractivity contribution in [2.45, 2.75) is 18.8 Å². The van der Waals surface area contributed by atoms with Gasteiger partial charge in [0.25, 0.3) is 5.91 Å². The van der Waals surface area contributed by atoms with Crippen molar-refractivity contribution in [3.63, 3.8) is 0 Å². The van der Waals surface area contributed by atoms with E-state index in [1.165, 1.54) is 31.1 Å². The first-order valence-corrected chi connectivity index (χ1v) is 8.46. The molecule has 24 heavy (non-hydrogen) atoms. The van der Waals surface area contributed by atoms with E-state index in [0.29, 0.717) is 31.3 Å². The number of amides is 1. The largest absolute Gasteiger partial charge is 0.451 e. The van der Waals surface area contributed by atoms with E-state index in [1.807, 2.05) is 17.0 Å². The molecule has 126 valence electrons. The summed E-state index contributed by atoms with van der Waals surface area (Å²) < 4.78 is 10.9. The standard InChI is InChI=1S/C18H21N3O3/c22-18(17-11-24-12-20-17)21-7-15(10-23-9-13-1-2-13)16(8-21)14-3-5-19-6-4-14/h3-6,11-13,15-16H,1-2,7-10H2/t15-,16-/m0/s1. The van der Waals surface area contributed by atoms with Crippen LogP contribution in [0.15, 0.2) is 41.6 Å². The Morgan fingerprint density at radius 2 is 2.08 bits per heavy atom. The van der Waals surface area contributed by atoms with Gasteiger partial charge in [-0.1, -0.05) is 0 Å². The second-order valence-corrected chi connectivity index (χ2v) is 6.71. The summed E-state index contributed by atoms with van der Waals surface area (Å²) in [5.74, 6) is 1.23. The minimum atomic E-state index is -0.0764. The molecule has 2 aliphatic rings. The van der Waals surface area contributed by atoms with Gasteiger partial charge >= 0.3 is 0 Å². The Bertz CT molecular complexity index is 670. The number of hydrogen-bond donors (Lipinski definition) is 0. The molecule has 2 atom stereocenters. The molecular weight excluding hydrogens is 306 g/mol. The van der Waals surface area contributed by atoms with Gasteiger partial charge in [0.05, 0.1) is 6.61 Å². The van der Waals surface area contributed by atoms with E-state index in [0.717, 1.165) is 12.5 Å². The Balaban J connectivity index is 1.47. The van der Waals surface area contributed by atoms with Gasteiger partial charge in [-0.3, -0.25) is 9.78 Å². The molecule has 2 aromatic rings. The molecule has 0 unspecified atom stereocenters. The van der Waals surface area contributed by atoms with E-state index in [-0.39, 0.29) is 11.8 Å². The van der Waals surface area contributed by atoms with Crippen molar-refractivity contribution < 1.29 is 13.9 Å². The van der Waals surface area contributed by atoms with Gasteiger partial charge in [0.2, 0.25) is 0 Å². The molecule has 3 heterocycles. The fraction of sp³-hybridized carbons (Fsp3) is 0.500. The van der Waals surface area contributed by atoms with Crippen LogP contribution in [0.2, 0.25) is 0 Å². The van der Waals surface area contributed by atoms with Crippen molar-refractivity contribution in [3.8, 4) is 0 Å². The maximum Gasteiger partial charge on any atom is 0.275 e. The molecule has 1 aliphatic carbocycles. The lowest BCUT2D eigenvalue weighted by Crippen LogP contribution is -2.29. The zero-order valence-corrected chi connectivity index (χ0v) is 13.5. The van der Waals surface area contributed by atoms with Crippen LogP contribution in [0.25, 0.3) is 0 Å². The fourth-order valence-electron chi connectivity index (χ4n) is 3.34. The lowest BCUT2D eigenvalue weighted by molar-refractivity contribution is 0.0735. The van der Waals surface area contributed by atoms with E-state index in [2.05, 4.69) is 9.97 Å². The maximum absolute atomic E-state index is 12.6. The molecule has 1 amide bonds. The van der Waals surface area contributed by atoms with Gasteiger partial charge in [0.1, 0.15) is 6.26 Å². The summed E-state index contributed by atoms with van der Waals surface area (Å²) in [4.78, 5) is 22.5. The normalized spacial score (nSPS) is 23.6. The van der Waals surface area contributed by atoms with Crippen LogP contribution in [-0.4, -0.2) is 47.1 Å². The van der Waals surface area contributed by atoms with Crippen LogP contribution in [0.3, 0.4) is 0 Å². The van der Waals surface area contributed by atoms with Crippen molar-refractivity contribution in [1.82, 2.24) is 14.9 Å². The quantitative estimate of drug-likeness (QED) is 0.814. The zero-order chi connectivity index (χ0) is 16.4. The Kier molecular flexibility index (Phi) is 4.30. The Labute approximate surface area is 140 Å². The SMILES string of the molecule is O=C(c1cocn1)N1C[C@@H](COCC2CC2)[C@H](c2ccncc2)C1. The van der Waals surface area contributed by atoms with Crippen LogP contribution in [0.5, 0.6) is 0 Å². The molecule has 2 aromatic heterocycles. The molecule has 2 fully saturated rings. The van der Waals surface area contributed by atoms with E-state index in [4.69, 9.17) is 9.15 Å². The van der Waals surface area contributed by atoms with Crippen molar-refractivity contribution in [2.24, 2.45) is 11.8 Å². The van der Waals surface area contributed by atoms with Crippen molar-refractivity contribution in [3.05, 3.63) is 48.4 Å². The van der Waals surface area contributed by atoms with Gasteiger partial charge in [0, 0.05) is 43.9 Å². The summed E-state index contributed by atoms with van der Waals surface area (Å²) in [5, 5.41) is 0. The Morgan fingerprint density at radius 3 is 2.79 bits per heavy atom. The van der Waals surface area contributed by atoms with Crippen LogP contribution in [0, 0.1) is 11.8 Å². The Morgan fingerprint density at radius 1 is 1.25 bits per heavy atom. The molecule has 1 saturated carbocycles. The number of oxazole rings is 1. The monoisotopic (exact) mass is 327 g/mol. The highest BCUT2D eigenvalue weighted by Crippen LogP contribution is 2.34. The summed E-state index contributed by atoms with van der Waals surface area (Å²) >= 11 is 0. The minimum Gasteiger partial charge on any atom is -0.451 e. The summed E-state index contributed by atoms with van der Waals surface area (Å²) in [6.07, 6.45) is 8.88. The second kappa shape index (κ2) is 6.73. The van der Waals surface area contributed by atoms with Gasteiger partial charge in [-0.05, 0) is 36.5 Å². The van der Waals surface area contributed by atoms with E-state index >= 15 is 0 Å². The Hall–Kier alpha value is -2.21. The smallest absolute Gasteiger partial charge is 0.275 e. The second-order valence-electron chi connectivity index (χ2n) is 6.71. The van der Waals surface area contributed by atoms with Crippen LogP contribution in [0.4, 0.5) is 0 Å². The van der Waals surface area contributed by atoms with Crippen LogP contribution in [0.1, 0.15) is 34.8 Å². The highest BCUT2D eigenvalue weighted by Gasteiger charge is 2.37. The molecule has 6 heteroatoms. The number of ether oxygens (including phenoxy) is 1. The highest BCUT2D eigenvalue weighted by atomic mass is 16.5. The number of likely N-dealkylation sites (tertiary alicyclic amines) is 1. The molecule has 0 spiro atoms. The van der Waals surface area contributed by atoms with Gasteiger partial charge in [-0.2, -0.15) is 0 Å². The molecule has 0 radical (unpaired) electrons. The molecule has 1 aliphatic heterocycles. The minimum absolute atomic E-state index is 0.0764. The topological polar surface area (TPSA) is 68.5 Å². The van der Waals surface area contributed by atoms with Gasteiger partial charge in [-0.25, -0.2) is 4.98 Å². The third kappa shape index (κ3) is 3.33. The third-order valence-electron chi connectivity index (χ3n) is 4.90. The number of pyridine rings is 1. The van der Waals surface area contributed by atoms with Crippen LogP contribution >= 0.6 is 0 Å². The number of rotatable bonds is 6. The van der Waals surface area contributed by atoms with E-state index in [9.17, 15) is 4.79 Å². The first kappa shape index (κ1) is 15.3. The molecule has 0 N–H and O–H groups in total. The summed E-state index contributed by atoms with van der Waals surface area (Å²) in [5.41, 5.74) is 1.57. The van der Waals surface area contributed by atoms with E-state index in [1.54, 1.807) is 12.4 Å². The van der Waals surface area contributed by atoms with E-state index < -0.39 is 0 Å². The summed E-state index contributed by atoms with van der Waals surface area (Å²) in [6, 6.07) is 4.06. The number of hydrogen-bond acceptors (Lipinski definition) is 5. The van der Waals surface area contributed by atoms with Gasteiger partial charge in [0.15, 0.2) is 12.1 Å². The van der Waals surface area contributed by atoms with Crippen LogP contribution < -0.4 is 0 Å². The number of aromatic nitrogens is 2. The number of nitrogens with zero attached hydrogens (tertiary/aromatic N) is 3. The summed E-state index contributed by atoms with van der Waals surface area (Å²) in [6.45, 7) is 2.89. The molecule has 6 nitrogen and oxygen atoms in total.